The van der Waals surface area contributed by atoms with Gasteiger partial charge in [-0.1, -0.05) is 6.92 Å². The summed E-state index contributed by atoms with van der Waals surface area (Å²) in [6.45, 7) is 9.61. The van der Waals surface area contributed by atoms with Gasteiger partial charge < -0.3 is 4.74 Å². The second kappa shape index (κ2) is 5.25. The minimum Gasteiger partial charge on any atom is -0.381 e. The van der Waals surface area contributed by atoms with Crippen LogP contribution in [-0.4, -0.2) is 61.3 Å². The lowest BCUT2D eigenvalue weighted by Crippen LogP contribution is -2.48. The van der Waals surface area contributed by atoms with Crippen molar-refractivity contribution < 1.29 is 4.74 Å². The zero-order chi connectivity index (χ0) is 11.7. The van der Waals surface area contributed by atoms with Crippen molar-refractivity contribution in [3.63, 3.8) is 0 Å². The molecule has 3 rings (SSSR count). The lowest BCUT2D eigenvalue weighted by atomic mass is 9.95. The van der Waals surface area contributed by atoms with Gasteiger partial charge in [0, 0.05) is 25.2 Å². The van der Waals surface area contributed by atoms with Crippen LogP contribution in [0, 0.1) is 5.92 Å². The predicted octanol–water partition coefficient (Wildman–Crippen LogP) is 1.58. The molecule has 3 saturated heterocycles. The molecule has 0 aliphatic carbocycles. The zero-order valence-corrected chi connectivity index (χ0v) is 11.1. The number of nitrogens with zero attached hydrogens (tertiary/aromatic N) is 2. The Morgan fingerprint density at radius 1 is 1.00 bits per heavy atom. The molecule has 0 aromatic rings. The standard InChI is InChI=1S/C14H26N2O/c1-12-11-17-9-5-14(12)16-8-3-7-15-6-2-4-13(15)10-16/h12-14H,2-11H2,1H3. The van der Waals surface area contributed by atoms with Crippen LogP contribution in [0.5, 0.6) is 0 Å². The Kier molecular flexibility index (Phi) is 3.69. The third-order valence-electron chi connectivity index (χ3n) is 4.90. The molecule has 0 amide bonds. The second-order valence-electron chi connectivity index (χ2n) is 6.09. The molecule has 0 spiro atoms. The van der Waals surface area contributed by atoms with Crippen molar-refractivity contribution in [3.8, 4) is 0 Å². The van der Waals surface area contributed by atoms with E-state index < -0.39 is 0 Å². The predicted molar refractivity (Wildman–Crippen MR) is 69.2 cm³/mol. The van der Waals surface area contributed by atoms with Gasteiger partial charge >= 0.3 is 0 Å². The van der Waals surface area contributed by atoms with Gasteiger partial charge in [-0.25, -0.2) is 0 Å². The van der Waals surface area contributed by atoms with E-state index in [2.05, 4.69) is 16.7 Å². The highest BCUT2D eigenvalue weighted by atomic mass is 16.5. The molecule has 98 valence electrons. The summed E-state index contributed by atoms with van der Waals surface area (Å²) in [6.07, 6.45) is 5.45. The Bertz CT molecular complexity index is 259. The normalized spacial score (nSPS) is 41.1. The molecule has 3 aliphatic rings. The molecular formula is C14H26N2O. The first kappa shape index (κ1) is 11.9. The fourth-order valence-corrected chi connectivity index (χ4v) is 3.95. The number of rotatable bonds is 1. The lowest BCUT2D eigenvalue weighted by Gasteiger charge is -2.39. The lowest BCUT2D eigenvalue weighted by molar-refractivity contribution is -0.00760. The first-order valence-corrected chi connectivity index (χ1v) is 7.40. The number of hydrogen-bond donors (Lipinski definition) is 0. The molecule has 3 unspecified atom stereocenters. The SMILES string of the molecule is CC1COCCC1N1CCCN2CCCC2C1. The maximum absolute atomic E-state index is 5.58. The van der Waals surface area contributed by atoms with Crippen LogP contribution in [0.15, 0.2) is 0 Å². The van der Waals surface area contributed by atoms with Gasteiger partial charge in [0.25, 0.3) is 0 Å². The number of hydrogen-bond acceptors (Lipinski definition) is 3. The third-order valence-corrected chi connectivity index (χ3v) is 4.90. The van der Waals surface area contributed by atoms with Crippen LogP contribution in [-0.2, 0) is 4.74 Å². The smallest absolute Gasteiger partial charge is 0.0506 e. The van der Waals surface area contributed by atoms with E-state index in [1.165, 1.54) is 51.9 Å². The Hall–Kier alpha value is -0.120. The first-order valence-electron chi connectivity index (χ1n) is 7.40. The summed E-state index contributed by atoms with van der Waals surface area (Å²) in [5, 5.41) is 0. The molecular weight excluding hydrogens is 212 g/mol. The number of fused-ring (bicyclic) bond motifs is 1. The number of ether oxygens (including phenoxy) is 1. The van der Waals surface area contributed by atoms with E-state index >= 15 is 0 Å². The van der Waals surface area contributed by atoms with E-state index in [1.54, 1.807) is 0 Å². The summed E-state index contributed by atoms with van der Waals surface area (Å²) in [6, 6.07) is 1.64. The van der Waals surface area contributed by atoms with E-state index in [0.717, 1.165) is 31.2 Å². The molecule has 3 heterocycles. The highest BCUT2D eigenvalue weighted by Crippen LogP contribution is 2.26. The minimum absolute atomic E-state index is 0.719. The van der Waals surface area contributed by atoms with Crippen molar-refractivity contribution in [2.75, 3.05) is 39.4 Å². The van der Waals surface area contributed by atoms with Crippen molar-refractivity contribution in [3.05, 3.63) is 0 Å². The second-order valence-corrected chi connectivity index (χ2v) is 6.09. The Morgan fingerprint density at radius 3 is 2.71 bits per heavy atom. The minimum atomic E-state index is 0.719. The largest absolute Gasteiger partial charge is 0.381 e. The zero-order valence-electron chi connectivity index (χ0n) is 11.1. The summed E-state index contributed by atoms with van der Waals surface area (Å²) >= 11 is 0. The summed E-state index contributed by atoms with van der Waals surface area (Å²) in [7, 11) is 0. The van der Waals surface area contributed by atoms with Gasteiger partial charge in [0.2, 0.25) is 0 Å². The van der Waals surface area contributed by atoms with Crippen LogP contribution < -0.4 is 0 Å². The van der Waals surface area contributed by atoms with E-state index in [1.807, 2.05) is 0 Å². The Labute approximate surface area is 105 Å². The van der Waals surface area contributed by atoms with Crippen LogP contribution in [0.4, 0.5) is 0 Å². The van der Waals surface area contributed by atoms with E-state index in [4.69, 9.17) is 4.74 Å². The Balaban J connectivity index is 1.65. The molecule has 3 atom stereocenters. The van der Waals surface area contributed by atoms with E-state index in [0.29, 0.717) is 0 Å². The third kappa shape index (κ3) is 2.51. The van der Waals surface area contributed by atoms with E-state index in [-0.39, 0.29) is 0 Å². The molecule has 0 radical (unpaired) electrons. The molecule has 3 heteroatoms. The van der Waals surface area contributed by atoms with Crippen molar-refractivity contribution in [2.24, 2.45) is 5.92 Å². The van der Waals surface area contributed by atoms with Crippen molar-refractivity contribution >= 4 is 0 Å². The van der Waals surface area contributed by atoms with Crippen LogP contribution in [0.25, 0.3) is 0 Å². The van der Waals surface area contributed by atoms with Crippen molar-refractivity contribution in [2.45, 2.75) is 44.7 Å². The molecule has 0 N–H and O–H groups in total. The molecule has 3 aliphatic heterocycles. The molecule has 0 bridgehead atoms. The quantitative estimate of drug-likeness (QED) is 0.690. The molecule has 3 nitrogen and oxygen atoms in total. The fraction of sp³-hybridized carbons (Fsp3) is 1.00. The summed E-state index contributed by atoms with van der Waals surface area (Å²) in [4.78, 5) is 5.51. The van der Waals surface area contributed by atoms with Crippen molar-refractivity contribution in [1.29, 1.82) is 0 Å². The maximum Gasteiger partial charge on any atom is 0.0506 e. The van der Waals surface area contributed by atoms with Crippen LogP contribution in [0.2, 0.25) is 0 Å². The van der Waals surface area contributed by atoms with Gasteiger partial charge in [-0.05, 0) is 51.2 Å². The van der Waals surface area contributed by atoms with Gasteiger partial charge in [-0.3, -0.25) is 9.80 Å². The maximum atomic E-state index is 5.58. The highest BCUT2D eigenvalue weighted by Gasteiger charge is 2.34. The molecule has 0 aromatic heterocycles. The summed E-state index contributed by atoms with van der Waals surface area (Å²) in [5.41, 5.74) is 0. The summed E-state index contributed by atoms with van der Waals surface area (Å²) < 4.78 is 5.58. The average molecular weight is 238 g/mol. The van der Waals surface area contributed by atoms with E-state index in [9.17, 15) is 0 Å². The van der Waals surface area contributed by atoms with Gasteiger partial charge in [0.15, 0.2) is 0 Å². The van der Waals surface area contributed by atoms with Crippen LogP contribution >= 0.6 is 0 Å². The topological polar surface area (TPSA) is 15.7 Å². The molecule has 0 saturated carbocycles. The summed E-state index contributed by atoms with van der Waals surface area (Å²) in [5.74, 6) is 0.719. The van der Waals surface area contributed by atoms with Crippen molar-refractivity contribution in [1.82, 2.24) is 9.80 Å². The van der Waals surface area contributed by atoms with Gasteiger partial charge in [-0.2, -0.15) is 0 Å². The molecule has 0 aromatic carbocycles. The van der Waals surface area contributed by atoms with Gasteiger partial charge in [0.05, 0.1) is 6.61 Å². The van der Waals surface area contributed by atoms with Crippen LogP contribution in [0.1, 0.15) is 32.6 Å². The fourth-order valence-electron chi connectivity index (χ4n) is 3.95. The van der Waals surface area contributed by atoms with Gasteiger partial charge in [0.1, 0.15) is 0 Å². The molecule has 17 heavy (non-hydrogen) atoms. The highest BCUT2D eigenvalue weighted by molar-refractivity contribution is 4.89. The monoisotopic (exact) mass is 238 g/mol. The molecule has 3 fully saturated rings. The van der Waals surface area contributed by atoms with Gasteiger partial charge in [-0.15, -0.1) is 0 Å². The first-order chi connectivity index (χ1) is 8.34. The van der Waals surface area contributed by atoms with Crippen LogP contribution in [0.3, 0.4) is 0 Å². The Morgan fingerprint density at radius 2 is 1.82 bits per heavy atom. The average Bonchev–Trinajstić information content (AvgIpc) is 2.68.